The van der Waals surface area contributed by atoms with Crippen LogP contribution < -0.4 is 4.74 Å². The fourth-order valence-electron chi connectivity index (χ4n) is 4.02. The molecule has 0 aromatic heterocycles. The summed E-state index contributed by atoms with van der Waals surface area (Å²) in [5, 5.41) is 10.7. The summed E-state index contributed by atoms with van der Waals surface area (Å²) < 4.78 is 17.9. The molecule has 1 N–H and O–H groups in total. The average molecular weight is 389 g/mol. The molecule has 0 aliphatic carbocycles. The van der Waals surface area contributed by atoms with Gasteiger partial charge >= 0.3 is 0 Å². The van der Waals surface area contributed by atoms with E-state index >= 15 is 0 Å². The lowest BCUT2D eigenvalue weighted by Crippen LogP contribution is -2.52. The Morgan fingerprint density at radius 3 is 2.21 bits per heavy atom. The van der Waals surface area contributed by atoms with Gasteiger partial charge in [0.25, 0.3) is 0 Å². The molecule has 1 aromatic rings. The second-order valence-corrected chi connectivity index (χ2v) is 8.08. The van der Waals surface area contributed by atoms with Crippen LogP contribution in [0, 0.1) is 23.7 Å². The van der Waals surface area contributed by atoms with Crippen LogP contribution in [0.25, 0.3) is 0 Å². The summed E-state index contributed by atoms with van der Waals surface area (Å²) in [5.74, 6) is 1.13. The molecule has 0 amide bonds. The quantitative estimate of drug-likeness (QED) is 0.627. The zero-order valence-electron chi connectivity index (χ0n) is 17.9. The van der Waals surface area contributed by atoms with Gasteiger partial charge in [0.15, 0.2) is 6.29 Å². The van der Waals surface area contributed by atoms with Crippen LogP contribution in [0.4, 0.5) is 0 Å². The summed E-state index contributed by atoms with van der Waals surface area (Å²) in [6.45, 7) is 16.1. The largest absolute Gasteiger partial charge is 0.497 e. The van der Waals surface area contributed by atoms with E-state index in [1.165, 1.54) is 0 Å². The Bertz CT molecular complexity index is 622. The van der Waals surface area contributed by atoms with E-state index in [0.717, 1.165) is 11.3 Å². The van der Waals surface area contributed by atoms with Crippen molar-refractivity contribution in [2.75, 3.05) is 7.11 Å². The molecule has 8 atom stereocenters. The number of rotatable bonds is 9. The van der Waals surface area contributed by atoms with Gasteiger partial charge in [0.05, 0.1) is 25.4 Å². The summed E-state index contributed by atoms with van der Waals surface area (Å²) >= 11 is 0. The normalized spacial score (nSPS) is 29.4. The minimum absolute atomic E-state index is 0.00367. The molecule has 0 saturated carbocycles. The Hall–Kier alpha value is -1.62. The summed E-state index contributed by atoms with van der Waals surface area (Å²) in [6.07, 6.45) is 3.38. The molecule has 0 spiro atoms. The number of methoxy groups -OCH3 is 1. The molecule has 1 heterocycles. The summed E-state index contributed by atoms with van der Waals surface area (Å²) in [6, 6.07) is 7.95. The molecule has 1 saturated heterocycles. The standard InChI is InChI=1S/C24H36O4/c1-8-15(3)22(25)17(5)24-18(6)23(16(4)9-2)27-21(28-24)14-19-10-12-20(26-7)13-11-19/h8-13,15-18,21-25H,1-2,14H2,3-7H3/t15-,16-,17+,18+,21-,22-,23-,24+/m0/s1. The highest BCUT2D eigenvalue weighted by atomic mass is 16.7. The molecule has 1 aliphatic heterocycles. The molecule has 1 aromatic carbocycles. The Labute approximate surface area is 170 Å². The molecule has 0 radical (unpaired) electrons. The first-order valence-corrected chi connectivity index (χ1v) is 10.2. The van der Waals surface area contributed by atoms with E-state index < -0.39 is 6.10 Å². The second-order valence-electron chi connectivity index (χ2n) is 8.08. The average Bonchev–Trinajstić information content (AvgIpc) is 2.73. The van der Waals surface area contributed by atoms with Gasteiger partial charge in [-0.2, -0.15) is 0 Å². The van der Waals surface area contributed by atoms with Crippen molar-refractivity contribution in [3.05, 3.63) is 55.1 Å². The third-order valence-corrected chi connectivity index (χ3v) is 6.07. The van der Waals surface area contributed by atoms with Crippen molar-refractivity contribution in [1.82, 2.24) is 0 Å². The lowest BCUT2D eigenvalue weighted by Gasteiger charge is -2.46. The molecule has 4 heteroatoms. The summed E-state index contributed by atoms with van der Waals surface area (Å²) in [7, 11) is 1.66. The van der Waals surface area contributed by atoms with Crippen molar-refractivity contribution in [2.24, 2.45) is 23.7 Å². The van der Waals surface area contributed by atoms with Crippen molar-refractivity contribution in [2.45, 2.75) is 58.7 Å². The highest BCUT2D eigenvalue weighted by molar-refractivity contribution is 5.27. The molecule has 156 valence electrons. The molecule has 0 unspecified atom stereocenters. The van der Waals surface area contributed by atoms with Gasteiger partial charge < -0.3 is 19.3 Å². The number of aliphatic hydroxyl groups excluding tert-OH is 1. The molecule has 2 rings (SSSR count). The highest BCUT2D eigenvalue weighted by Crippen LogP contribution is 2.36. The Kier molecular flexibility index (Phi) is 8.29. The fourth-order valence-corrected chi connectivity index (χ4v) is 4.02. The van der Waals surface area contributed by atoms with E-state index in [-0.39, 0.29) is 42.2 Å². The van der Waals surface area contributed by atoms with Crippen LogP contribution in [0.2, 0.25) is 0 Å². The third kappa shape index (κ3) is 5.25. The second kappa shape index (κ2) is 10.2. The van der Waals surface area contributed by atoms with E-state index in [9.17, 15) is 5.11 Å². The third-order valence-electron chi connectivity index (χ3n) is 6.07. The molecule has 28 heavy (non-hydrogen) atoms. The van der Waals surface area contributed by atoms with Crippen molar-refractivity contribution >= 4 is 0 Å². The first-order valence-electron chi connectivity index (χ1n) is 10.2. The van der Waals surface area contributed by atoms with Gasteiger partial charge in [-0.05, 0) is 17.7 Å². The number of hydrogen-bond donors (Lipinski definition) is 1. The monoisotopic (exact) mass is 388 g/mol. The summed E-state index contributed by atoms with van der Waals surface area (Å²) in [5.41, 5.74) is 1.12. The van der Waals surface area contributed by atoms with Crippen LogP contribution in [0.3, 0.4) is 0 Å². The smallest absolute Gasteiger partial charge is 0.162 e. The van der Waals surface area contributed by atoms with Crippen LogP contribution in [-0.2, 0) is 15.9 Å². The predicted molar refractivity (Wildman–Crippen MR) is 113 cm³/mol. The highest BCUT2D eigenvalue weighted by Gasteiger charge is 2.43. The SMILES string of the molecule is C=C[C@H](C)[C@H](O)[C@@H](C)[C@H]1O[C@@H](Cc2ccc(OC)cc2)O[C@@H]([C@@H](C)C=C)[C@H]1C. The molecule has 1 fully saturated rings. The maximum atomic E-state index is 10.7. The number of ether oxygens (including phenoxy) is 3. The molecule has 1 aliphatic rings. The van der Waals surface area contributed by atoms with Crippen LogP contribution >= 0.6 is 0 Å². The zero-order chi connectivity index (χ0) is 20.8. The maximum Gasteiger partial charge on any atom is 0.162 e. The fraction of sp³-hybridized carbons (Fsp3) is 0.583. The van der Waals surface area contributed by atoms with Gasteiger partial charge in [0, 0.05) is 30.1 Å². The van der Waals surface area contributed by atoms with Crippen molar-refractivity contribution in [1.29, 1.82) is 0 Å². The van der Waals surface area contributed by atoms with Gasteiger partial charge in [-0.1, -0.05) is 52.0 Å². The zero-order valence-corrected chi connectivity index (χ0v) is 17.9. The van der Waals surface area contributed by atoms with Crippen molar-refractivity contribution in [3.8, 4) is 5.75 Å². The lowest BCUT2D eigenvalue weighted by molar-refractivity contribution is -0.286. The van der Waals surface area contributed by atoms with Crippen molar-refractivity contribution in [3.63, 3.8) is 0 Å². The molecular formula is C24H36O4. The van der Waals surface area contributed by atoms with Crippen LogP contribution in [0.5, 0.6) is 5.75 Å². The van der Waals surface area contributed by atoms with E-state index in [4.69, 9.17) is 14.2 Å². The Balaban J connectivity index is 2.21. The Morgan fingerprint density at radius 1 is 1.07 bits per heavy atom. The van der Waals surface area contributed by atoms with Crippen LogP contribution in [0.15, 0.2) is 49.6 Å². The van der Waals surface area contributed by atoms with E-state index in [1.54, 1.807) is 13.2 Å². The maximum absolute atomic E-state index is 10.7. The van der Waals surface area contributed by atoms with Gasteiger partial charge in [-0.3, -0.25) is 0 Å². The van der Waals surface area contributed by atoms with Crippen LogP contribution in [-0.4, -0.2) is 36.8 Å². The number of aliphatic hydroxyl groups is 1. The molecule has 0 bridgehead atoms. The molecule has 4 nitrogen and oxygen atoms in total. The Morgan fingerprint density at radius 2 is 1.68 bits per heavy atom. The summed E-state index contributed by atoms with van der Waals surface area (Å²) in [4.78, 5) is 0. The van der Waals surface area contributed by atoms with E-state index in [1.807, 2.05) is 37.3 Å². The van der Waals surface area contributed by atoms with Gasteiger partial charge in [-0.15, -0.1) is 13.2 Å². The van der Waals surface area contributed by atoms with E-state index in [0.29, 0.717) is 6.42 Å². The lowest BCUT2D eigenvalue weighted by atomic mass is 9.79. The number of hydrogen-bond acceptors (Lipinski definition) is 4. The van der Waals surface area contributed by atoms with Gasteiger partial charge in [0.2, 0.25) is 0 Å². The minimum atomic E-state index is -0.510. The van der Waals surface area contributed by atoms with Crippen LogP contribution in [0.1, 0.15) is 33.3 Å². The minimum Gasteiger partial charge on any atom is -0.497 e. The van der Waals surface area contributed by atoms with Gasteiger partial charge in [0.1, 0.15) is 5.75 Å². The van der Waals surface area contributed by atoms with Gasteiger partial charge in [-0.25, -0.2) is 0 Å². The number of benzene rings is 1. The first-order chi connectivity index (χ1) is 13.3. The first kappa shape index (κ1) is 22.7. The topological polar surface area (TPSA) is 47.9 Å². The molecular weight excluding hydrogens is 352 g/mol. The van der Waals surface area contributed by atoms with E-state index in [2.05, 4.69) is 33.9 Å². The predicted octanol–water partition coefficient (Wildman–Crippen LogP) is 4.63. The van der Waals surface area contributed by atoms with Crippen molar-refractivity contribution < 1.29 is 19.3 Å².